The summed E-state index contributed by atoms with van der Waals surface area (Å²) in [5.41, 5.74) is 12.6. The molecule has 1 fully saturated rings. The van der Waals surface area contributed by atoms with Crippen LogP contribution in [0.25, 0.3) is 0 Å². The molecular weight excluding hydrogens is 254 g/mol. The second kappa shape index (κ2) is 5.23. The first kappa shape index (κ1) is 14.5. The van der Waals surface area contributed by atoms with Crippen LogP contribution in [0.3, 0.4) is 0 Å². The minimum absolute atomic E-state index is 0.0964. The molecule has 20 heavy (non-hydrogen) atoms. The summed E-state index contributed by atoms with van der Waals surface area (Å²) in [4.78, 5) is 13.7. The van der Waals surface area contributed by atoms with E-state index in [1.54, 1.807) is 0 Å². The highest BCUT2D eigenvalue weighted by Gasteiger charge is 2.39. The highest BCUT2D eigenvalue weighted by molar-refractivity contribution is 5.82. The molecule has 0 spiro atoms. The Morgan fingerprint density at radius 3 is 2.65 bits per heavy atom. The average molecular weight is 277 g/mol. The van der Waals surface area contributed by atoms with Crippen molar-refractivity contribution in [3.05, 3.63) is 18.2 Å². The summed E-state index contributed by atoms with van der Waals surface area (Å²) in [5.74, 6) is 0.505. The first-order chi connectivity index (χ1) is 9.30. The lowest BCUT2D eigenvalue weighted by atomic mass is 9.89. The summed E-state index contributed by atoms with van der Waals surface area (Å²) in [6.07, 6.45) is 0.858. The van der Waals surface area contributed by atoms with Crippen LogP contribution in [0, 0.1) is 5.41 Å². The standard InChI is InChI=1S/C15H23N3O2/c1-10(2)20-13-7-11(16)6-12(8-13)18-5-4-15(3,9-18)14(17)19/h6-8,10H,4-5,9,16H2,1-3H3,(H2,17,19). The van der Waals surface area contributed by atoms with E-state index in [9.17, 15) is 4.79 Å². The molecule has 1 unspecified atom stereocenters. The number of anilines is 2. The predicted molar refractivity (Wildman–Crippen MR) is 80.7 cm³/mol. The molecule has 110 valence electrons. The summed E-state index contributed by atoms with van der Waals surface area (Å²) >= 11 is 0. The molecule has 1 aromatic carbocycles. The number of hydrogen-bond acceptors (Lipinski definition) is 4. The van der Waals surface area contributed by atoms with Crippen LogP contribution in [0.15, 0.2) is 18.2 Å². The van der Waals surface area contributed by atoms with Crippen molar-refractivity contribution in [2.75, 3.05) is 23.7 Å². The molecule has 1 atom stereocenters. The molecule has 1 aliphatic rings. The Hall–Kier alpha value is -1.91. The number of nitrogens with zero attached hydrogens (tertiary/aromatic N) is 1. The number of amides is 1. The third kappa shape index (κ3) is 2.98. The number of rotatable bonds is 4. The third-order valence-corrected chi connectivity index (χ3v) is 3.72. The third-order valence-electron chi connectivity index (χ3n) is 3.72. The highest BCUT2D eigenvalue weighted by atomic mass is 16.5. The first-order valence-corrected chi connectivity index (χ1v) is 6.92. The number of carbonyl (C=O) groups excluding carboxylic acids is 1. The van der Waals surface area contributed by atoms with Gasteiger partial charge in [0.25, 0.3) is 0 Å². The van der Waals surface area contributed by atoms with Gasteiger partial charge in [0.05, 0.1) is 11.5 Å². The number of carbonyl (C=O) groups is 1. The van der Waals surface area contributed by atoms with Crippen LogP contribution in [0.5, 0.6) is 5.75 Å². The topological polar surface area (TPSA) is 81.6 Å². The Kier molecular flexibility index (Phi) is 3.79. The SMILES string of the molecule is CC(C)Oc1cc(N)cc(N2CCC(C)(C(N)=O)C2)c1. The van der Waals surface area contributed by atoms with Crippen LogP contribution in [-0.4, -0.2) is 25.1 Å². The van der Waals surface area contributed by atoms with Gasteiger partial charge in [0.2, 0.25) is 5.91 Å². The van der Waals surface area contributed by atoms with Crippen LogP contribution in [0.2, 0.25) is 0 Å². The summed E-state index contributed by atoms with van der Waals surface area (Å²) in [5, 5.41) is 0. The summed E-state index contributed by atoms with van der Waals surface area (Å²) in [6.45, 7) is 7.27. The van der Waals surface area contributed by atoms with Gasteiger partial charge in [0.1, 0.15) is 5.75 Å². The molecule has 1 heterocycles. The molecule has 5 heteroatoms. The molecule has 1 saturated heterocycles. The van der Waals surface area contributed by atoms with Crippen molar-refractivity contribution in [1.82, 2.24) is 0 Å². The monoisotopic (exact) mass is 277 g/mol. The molecule has 5 nitrogen and oxygen atoms in total. The van der Waals surface area contributed by atoms with E-state index in [1.165, 1.54) is 0 Å². The molecule has 4 N–H and O–H groups in total. The van der Waals surface area contributed by atoms with E-state index in [0.717, 1.165) is 24.4 Å². The van der Waals surface area contributed by atoms with Crippen molar-refractivity contribution in [3.63, 3.8) is 0 Å². The molecule has 1 aliphatic heterocycles. The number of nitrogen functional groups attached to an aromatic ring is 1. The van der Waals surface area contributed by atoms with Gasteiger partial charge in [-0.3, -0.25) is 4.79 Å². The largest absolute Gasteiger partial charge is 0.491 e. The van der Waals surface area contributed by atoms with Gasteiger partial charge in [-0.1, -0.05) is 0 Å². The Balaban J connectivity index is 2.21. The zero-order valence-corrected chi connectivity index (χ0v) is 12.3. The van der Waals surface area contributed by atoms with Crippen molar-refractivity contribution < 1.29 is 9.53 Å². The van der Waals surface area contributed by atoms with Gasteiger partial charge in [-0.2, -0.15) is 0 Å². The van der Waals surface area contributed by atoms with E-state index in [0.29, 0.717) is 12.2 Å². The van der Waals surface area contributed by atoms with E-state index < -0.39 is 5.41 Å². The van der Waals surface area contributed by atoms with Crippen LogP contribution in [-0.2, 0) is 4.79 Å². The minimum atomic E-state index is -0.469. The van der Waals surface area contributed by atoms with E-state index >= 15 is 0 Å². The minimum Gasteiger partial charge on any atom is -0.491 e. The highest BCUT2D eigenvalue weighted by Crippen LogP contribution is 2.35. The second-order valence-electron chi connectivity index (χ2n) is 6.02. The molecule has 2 rings (SSSR count). The fraction of sp³-hybridized carbons (Fsp3) is 0.533. The van der Waals surface area contributed by atoms with E-state index in [-0.39, 0.29) is 12.0 Å². The second-order valence-corrected chi connectivity index (χ2v) is 6.02. The van der Waals surface area contributed by atoms with Gasteiger partial charge in [0.15, 0.2) is 0 Å². The number of hydrogen-bond donors (Lipinski definition) is 2. The van der Waals surface area contributed by atoms with E-state index in [2.05, 4.69) is 4.90 Å². The number of nitrogens with two attached hydrogens (primary N) is 2. The number of benzene rings is 1. The molecule has 0 bridgehead atoms. The molecule has 1 amide bonds. The van der Waals surface area contributed by atoms with Gasteiger partial charge in [-0.15, -0.1) is 0 Å². The summed E-state index contributed by atoms with van der Waals surface area (Å²) < 4.78 is 5.70. The average Bonchev–Trinajstić information content (AvgIpc) is 2.71. The summed E-state index contributed by atoms with van der Waals surface area (Å²) in [6, 6.07) is 5.68. The van der Waals surface area contributed by atoms with E-state index in [4.69, 9.17) is 16.2 Å². The maximum atomic E-state index is 11.5. The zero-order valence-electron chi connectivity index (χ0n) is 12.3. The van der Waals surface area contributed by atoms with Crippen molar-refractivity contribution in [3.8, 4) is 5.75 Å². The normalized spacial score (nSPS) is 22.3. The Bertz CT molecular complexity index is 516. The fourth-order valence-corrected chi connectivity index (χ4v) is 2.51. The quantitative estimate of drug-likeness (QED) is 0.822. The molecule has 0 aromatic heterocycles. The smallest absolute Gasteiger partial charge is 0.225 e. The molecular formula is C15H23N3O2. The van der Waals surface area contributed by atoms with Gasteiger partial charge in [-0.05, 0) is 33.3 Å². The fourth-order valence-electron chi connectivity index (χ4n) is 2.51. The van der Waals surface area contributed by atoms with Crippen LogP contribution < -0.4 is 21.1 Å². The first-order valence-electron chi connectivity index (χ1n) is 6.92. The molecule has 0 radical (unpaired) electrons. The lowest BCUT2D eigenvalue weighted by Gasteiger charge is -2.23. The Morgan fingerprint density at radius 2 is 2.10 bits per heavy atom. The Morgan fingerprint density at radius 1 is 1.40 bits per heavy atom. The van der Waals surface area contributed by atoms with Gasteiger partial charge in [-0.25, -0.2) is 0 Å². The van der Waals surface area contributed by atoms with Crippen LogP contribution in [0.4, 0.5) is 11.4 Å². The molecule has 1 aromatic rings. The van der Waals surface area contributed by atoms with Crippen molar-refractivity contribution in [1.29, 1.82) is 0 Å². The van der Waals surface area contributed by atoms with Crippen molar-refractivity contribution >= 4 is 17.3 Å². The van der Waals surface area contributed by atoms with Crippen molar-refractivity contribution in [2.45, 2.75) is 33.3 Å². The summed E-state index contributed by atoms with van der Waals surface area (Å²) in [7, 11) is 0. The van der Waals surface area contributed by atoms with Gasteiger partial charge in [0, 0.05) is 36.6 Å². The maximum Gasteiger partial charge on any atom is 0.225 e. The Labute approximate surface area is 119 Å². The van der Waals surface area contributed by atoms with Crippen LogP contribution in [0.1, 0.15) is 27.2 Å². The number of ether oxygens (including phenoxy) is 1. The predicted octanol–water partition coefficient (Wildman–Crippen LogP) is 1.76. The van der Waals surface area contributed by atoms with E-state index in [1.807, 2.05) is 39.0 Å². The van der Waals surface area contributed by atoms with Gasteiger partial charge < -0.3 is 21.1 Å². The van der Waals surface area contributed by atoms with Crippen molar-refractivity contribution in [2.24, 2.45) is 11.1 Å². The maximum absolute atomic E-state index is 11.5. The van der Waals surface area contributed by atoms with Crippen LogP contribution >= 0.6 is 0 Å². The lowest BCUT2D eigenvalue weighted by molar-refractivity contribution is -0.125. The van der Waals surface area contributed by atoms with Gasteiger partial charge >= 0.3 is 0 Å². The zero-order chi connectivity index (χ0) is 14.9. The molecule has 0 aliphatic carbocycles. The molecule has 0 saturated carbocycles. The number of primary amides is 1. The lowest BCUT2D eigenvalue weighted by Crippen LogP contribution is -2.37.